The van der Waals surface area contributed by atoms with Crippen LogP contribution in [0.15, 0.2) is 0 Å². The Bertz CT molecular complexity index is 168. The molecule has 1 rings (SSSR count). The first kappa shape index (κ1) is 10.3. The van der Waals surface area contributed by atoms with Gasteiger partial charge in [-0.3, -0.25) is 4.90 Å². The molecule has 0 aromatic rings. The van der Waals surface area contributed by atoms with E-state index in [0.717, 1.165) is 32.7 Å². The maximum atomic E-state index is 10.5. The largest absolute Gasteiger partial charge is 0.352 e. The average molecular weight is 186 g/mol. The maximum Gasteiger partial charge on any atom is 0.312 e. The van der Waals surface area contributed by atoms with Crippen LogP contribution in [0.5, 0.6) is 0 Å². The molecule has 76 valence electrons. The molecule has 0 spiro atoms. The molecule has 0 aromatic carbocycles. The Morgan fingerprint density at radius 2 is 2.23 bits per heavy atom. The minimum absolute atomic E-state index is 0.135. The van der Waals surface area contributed by atoms with E-state index in [1.165, 1.54) is 0 Å². The molecular formula is C8H18N4O. The number of rotatable bonds is 3. The summed E-state index contributed by atoms with van der Waals surface area (Å²) in [5.74, 6) is 0. The molecule has 1 fully saturated rings. The van der Waals surface area contributed by atoms with Crippen molar-refractivity contribution < 1.29 is 4.79 Å². The van der Waals surface area contributed by atoms with Crippen LogP contribution in [0.2, 0.25) is 0 Å². The zero-order chi connectivity index (χ0) is 9.68. The second-order valence-electron chi connectivity index (χ2n) is 3.46. The summed E-state index contributed by atoms with van der Waals surface area (Å²) in [6, 6.07) is -0.307. The molecule has 1 aliphatic rings. The number of hydrogen-bond donors (Lipinski definition) is 3. The van der Waals surface area contributed by atoms with E-state index >= 15 is 0 Å². The summed E-state index contributed by atoms with van der Waals surface area (Å²) < 4.78 is 0. The van der Waals surface area contributed by atoms with E-state index in [2.05, 4.69) is 15.5 Å². The van der Waals surface area contributed by atoms with Crippen molar-refractivity contribution in [3.63, 3.8) is 0 Å². The van der Waals surface area contributed by atoms with Crippen LogP contribution in [0.4, 0.5) is 4.79 Å². The highest BCUT2D eigenvalue weighted by molar-refractivity contribution is 5.71. The van der Waals surface area contributed by atoms with Crippen molar-refractivity contribution in [2.75, 3.05) is 32.7 Å². The van der Waals surface area contributed by atoms with Crippen LogP contribution in [0.1, 0.15) is 6.92 Å². The lowest BCUT2D eigenvalue weighted by Crippen LogP contribution is -2.50. The van der Waals surface area contributed by atoms with Gasteiger partial charge in [0.2, 0.25) is 0 Å². The highest BCUT2D eigenvalue weighted by atomic mass is 16.2. The van der Waals surface area contributed by atoms with Crippen LogP contribution in [0, 0.1) is 0 Å². The molecule has 1 atom stereocenters. The highest BCUT2D eigenvalue weighted by Crippen LogP contribution is 1.94. The van der Waals surface area contributed by atoms with Crippen LogP contribution in [-0.2, 0) is 0 Å². The van der Waals surface area contributed by atoms with E-state index in [1.54, 1.807) is 0 Å². The van der Waals surface area contributed by atoms with E-state index in [1.807, 2.05) is 6.92 Å². The van der Waals surface area contributed by atoms with Crippen LogP contribution >= 0.6 is 0 Å². The Morgan fingerprint density at radius 1 is 1.62 bits per heavy atom. The van der Waals surface area contributed by atoms with Gasteiger partial charge in [0.15, 0.2) is 0 Å². The molecule has 1 unspecified atom stereocenters. The van der Waals surface area contributed by atoms with Crippen LogP contribution < -0.4 is 16.4 Å². The first-order valence-electron chi connectivity index (χ1n) is 4.67. The number of nitrogens with one attached hydrogen (secondary N) is 2. The molecule has 0 saturated carbocycles. The molecular weight excluding hydrogens is 168 g/mol. The summed E-state index contributed by atoms with van der Waals surface area (Å²) in [6.07, 6.45) is 0. The smallest absolute Gasteiger partial charge is 0.312 e. The fourth-order valence-electron chi connectivity index (χ4n) is 1.57. The van der Waals surface area contributed by atoms with Crippen molar-refractivity contribution in [2.45, 2.75) is 13.0 Å². The third kappa shape index (κ3) is 4.10. The van der Waals surface area contributed by atoms with Gasteiger partial charge in [-0.25, -0.2) is 4.79 Å². The Morgan fingerprint density at radius 3 is 2.77 bits per heavy atom. The zero-order valence-corrected chi connectivity index (χ0v) is 8.05. The van der Waals surface area contributed by atoms with E-state index < -0.39 is 6.03 Å². The quantitative estimate of drug-likeness (QED) is 0.526. The predicted molar refractivity (Wildman–Crippen MR) is 51.5 cm³/mol. The topological polar surface area (TPSA) is 70.4 Å². The molecule has 5 nitrogen and oxygen atoms in total. The van der Waals surface area contributed by atoms with E-state index in [-0.39, 0.29) is 6.04 Å². The van der Waals surface area contributed by atoms with Gasteiger partial charge in [-0.2, -0.15) is 0 Å². The van der Waals surface area contributed by atoms with Gasteiger partial charge in [0, 0.05) is 38.8 Å². The zero-order valence-electron chi connectivity index (χ0n) is 8.05. The number of primary amides is 1. The molecule has 13 heavy (non-hydrogen) atoms. The molecule has 1 aliphatic heterocycles. The monoisotopic (exact) mass is 186 g/mol. The number of amides is 2. The second-order valence-corrected chi connectivity index (χ2v) is 3.46. The van der Waals surface area contributed by atoms with Gasteiger partial charge >= 0.3 is 6.03 Å². The summed E-state index contributed by atoms with van der Waals surface area (Å²) in [4.78, 5) is 12.8. The van der Waals surface area contributed by atoms with E-state index in [0.29, 0.717) is 0 Å². The average Bonchev–Trinajstić information content (AvgIpc) is 2.04. The fraction of sp³-hybridized carbons (Fsp3) is 0.875. The summed E-state index contributed by atoms with van der Waals surface area (Å²) in [6.45, 7) is 7.00. The van der Waals surface area contributed by atoms with Gasteiger partial charge in [-0.05, 0) is 6.92 Å². The standard InChI is InChI=1S/C8H18N4O/c1-7(11-8(9)13)6-12-4-2-10-3-5-12/h7,10H,2-6H2,1H3,(H3,9,11,13). The molecule has 2 amide bonds. The van der Waals surface area contributed by atoms with Crippen LogP contribution in [-0.4, -0.2) is 49.7 Å². The van der Waals surface area contributed by atoms with Crippen LogP contribution in [0.3, 0.4) is 0 Å². The minimum Gasteiger partial charge on any atom is -0.352 e. The Labute approximate surface area is 78.6 Å². The van der Waals surface area contributed by atoms with Crippen molar-refractivity contribution in [3.05, 3.63) is 0 Å². The molecule has 1 saturated heterocycles. The molecule has 1 heterocycles. The third-order valence-electron chi connectivity index (χ3n) is 2.13. The molecule has 5 heteroatoms. The lowest BCUT2D eigenvalue weighted by Gasteiger charge is -2.29. The Kier molecular flexibility index (Phi) is 3.98. The molecule has 0 aliphatic carbocycles. The number of nitrogens with zero attached hydrogens (tertiary/aromatic N) is 1. The lowest BCUT2D eigenvalue weighted by atomic mass is 10.3. The summed E-state index contributed by atoms with van der Waals surface area (Å²) in [7, 11) is 0. The normalized spacial score (nSPS) is 21.0. The Balaban J connectivity index is 2.18. The number of urea groups is 1. The Hall–Kier alpha value is -0.810. The number of piperazine rings is 1. The number of nitrogens with two attached hydrogens (primary N) is 1. The van der Waals surface area contributed by atoms with Crippen molar-refractivity contribution in [1.29, 1.82) is 0 Å². The van der Waals surface area contributed by atoms with Crippen molar-refractivity contribution in [2.24, 2.45) is 5.73 Å². The molecule has 0 bridgehead atoms. The fourth-order valence-corrected chi connectivity index (χ4v) is 1.57. The van der Waals surface area contributed by atoms with Gasteiger partial charge < -0.3 is 16.4 Å². The molecule has 0 aromatic heterocycles. The second kappa shape index (κ2) is 5.04. The van der Waals surface area contributed by atoms with Gasteiger partial charge in [-0.15, -0.1) is 0 Å². The molecule has 4 N–H and O–H groups in total. The van der Waals surface area contributed by atoms with E-state index in [4.69, 9.17) is 5.73 Å². The first-order chi connectivity index (χ1) is 6.18. The van der Waals surface area contributed by atoms with Crippen LogP contribution in [0.25, 0.3) is 0 Å². The third-order valence-corrected chi connectivity index (χ3v) is 2.13. The van der Waals surface area contributed by atoms with Gasteiger partial charge in [0.05, 0.1) is 0 Å². The summed E-state index contributed by atoms with van der Waals surface area (Å²) >= 11 is 0. The molecule has 0 radical (unpaired) electrons. The minimum atomic E-state index is -0.442. The van der Waals surface area contributed by atoms with Crippen molar-refractivity contribution in [1.82, 2.24) is 15.5 Å². The highest BCUT2D eigenvalue weighted by Gasteiger charge is 2.13. The van der Waals surface area contributed by atoms with Gasteiger partial charge in [0.1, 0.15) is 0 Å². The van der Waals surface area contributed by atoms with Crippen molar-refractivity contribution in [3.8, 4) is 0 Å². The summed E-state index contributed by atoms with van der Waals surface area (Å²) in [5.41, 5.74) is 5.02. The summed E-state index contributed by atoms with van der Waals surface area (Å²) in [5, 5.41) is 5.94. The SMILES string of the molecule is CC(CN1CCNCC1)NC(N)=O. The number of carbonyl (C=O) groups is 1. The number of hydrogen-bond acceptors (Lipinski definition) is 3. The number of carbonyl (C=O) groups excluding carboxylic acids is 1. The first-order valence-corrected chi connectivity index (χ1v) is 4.67. The van der Waals surface area contributed by atoms with Gasteiger partial charge in [-0.1, -0.05) is 0 Å². The van der Waals surface area contributed by atoms with E-state index in [9.17, 15) is 4.79 Å². The van der Waals surface area contributed by atoms with Gasteiger partial charge in [0.25, 0.3) is 0 Å². The maximum absolute atomic E-state index is 10.5. The predicted octanol–water partition coefficient (Wildman–Crippen LogP) is -1.05. The lowest BCUT2D eigenvalue weighted by molar-refractivity contribution is 0.214. The van der Waals surface area contributed by atoms with Crippen molar-refractivity contribution >= 4 is 6.03 Å².